The van der Waals surface area contributed by atoms with Crippen molar-refractivity contribution in [1.29, 1.82) is 0 Å². The summed E-state index contributed by atoms with van der Waals surface area (Å²) in [5.41, 5.74) is 0.611. The molecule has 3 heterocycles. The lowest BCUT2D eigenvalue weighted by atomic mass is 9.77. The average Bonchev–Trinajstić information content (AvgIpc) is 2.66. The Hall–Kier alpha value is -2.21. The molecule has 4 rings (SSSR count). The van der Waals surface area contributed by atoms with E-state index < -0.39 is 5.60 Å². The number of nitrogens with zero attached hydrogens (tertiary/aromatic N) is 3. The molecule has 0 spiro atoms. The van der Waals surface area contributed by atoms with E-state index in [1.165, 1.54) is 6.42 Å². The van der Waals surface area contributed by atoms with E-state index in [4.69, 9.17) is 0 Å². The number of hydrogen-bond donors (Lipinski definition) is 2. The molecule has 1 saturated heterocycles. The number of fused-ring (bicyclic) bond motifs is 1. The molecular weight excluding hydrogens is 352 g/mol. The predicted octanol–water partition coefficient (Wildman–Crippen LogP) is 3.29. The van der Waals surface area contributed by atoms with Gasteiger partial charge < -0.3 is 15.3 Å². The van der Waals surface area contributed by atoms with Gasteiger partial charge in [-0.05, 0) is 77.0 Å². The molecule has 6 nitrogen and oxygen atoms in total. The normalized spacial score (nSPS) is 25.4. The molecule has 0 bridgehead atoms. The van der Waals surface area contributed by atoms with Crippen LogP contribution in [0.25, 0.3) is 11.0 Å². The molecule has 1 aliphatic carbocycles. The van der Waals surface area contributed by atoms with Crippen molar-refractivity contribution in [2.24, 2.45) is 5.92 Å². The molecule has 28 heavy (non-hydrogen) atoms. The van der Waals surface area contributed by atoms with Crippen LogP contribution in [0.1, 0.15) is 63.2 Å². The fourth-order valence-electron chi connectivity index (χ4n) is 4.35. The summed E-state index contributed by atoms with van der Waals surface area (Å²) in [6.07, 6.45) is 6.50. The first-order chi connectivity index (χ1) is 13.3. The molecule has 1 atom stereocenters. The second-order valence-electron chi connectivity index (χ2n) is 8.95. The molecule has 0 aromatic carbocycles. The third-order valence-electron chi connectivity index (χ3n) is 6.47. The van der Waals surface area contributed by atoms with E-state index in [1.54, 1.807) is 6.20 Å². The van der Waals surface area contributed by atoms with Gasteiger partial charge in [-0.15, -0.1) is 0 Å². The molecule has 2 aliphatic rings. The number of anilines is 1. The number of hydrogen-bond acceptors (Lipinski definition) is 5. The third-order valence-corrected chi connectivity index (χ3v) is 6.47. The van der Waals surface area contributed by atoms with Crippen molar-refractivity contribution in [2.75, 3.05) is 11.4 Å². The number of carbonyl (C=O) groups is 1. The summed E-state index contributed by atoms with van der Waals surface area (Å²) in [4.78, 5) is 24.0. The molecule has 2 fully saturated rings. The summed E-state index contributed by atoms with van der Waals surface area (Å²) >= 11 is 0. The minimum atomic E-state index is -0.642. The maximum Gasteiger partial charge on any atom is 0.253 e. The fourth-order valence-corrected chi connectivity index (χ4v) is 4.35. The summed E-state index contributed by atoms with van der Waals surface area (Å²) < 4.78 is 0. The molecule has 1 aliphatic heterocycles. The maximum atomic E-state index is 12.7. The van der Waals surface area contributed by atoms with Gasteiger partial charge in [-0.1, -0.05) is 0 Å². The van der Waals surface area contributed by atoms with E-state index in [1.807, 2.05) is 32.0 Å². The summed E-state index contributed by atoms with van der Waals surface area (Å²) in [5.74, 6) is 1.18. The van der Waals surface area contributed by atoms with Crippen LogP contribution >= 0.6 is 0 Å². The van der Waals surface area contributed by atoms with Crippen LogP contribution in [0.3, 0.4) is 0 Å². The summed E-state index contributed by atoms with van der Waals surface area (Å²) in [7, 11) is 0. The number of rotatable bonds is 4. The number of aromatic nitrogens is 2. The molecule has 2 N–H and O–H groups in total. The summed E-state index contributed by atoms with van der Waals surface area (Å²) in [6.45, 7) is 6.99. The quantitative estimate of drug-likeness (QED) is 0.848. The van der Waals surface area contributed by atoms with Crippen molar-refractivity contribution in [3.8, 4) is 0 Å². The summed E-state index contributed by atoms with van der Waals surface area (Å²) in [6, 6.07) is 6.58. The van der Waals surface area contributed by atoms with Gasteiger partial charge in [0.05, 0.1) is 11.2 Å². The Balaban J connectivity index is 1.41. The van der Waals surface area contributed by atoms with Crippen molar-refractivity contribution in [3.05, 3.63) is 30.0 Å². The van der Waals surface area contributed by atoms with E-state index in [0.717, 1.165) is 43.4 Å². The van der Waals surface area contributed by atoms with E-state index in [-0.39, 0.29) is 11.9 Å². The van der Waals surface area contributed by atoms with Gasteiger partial charge in [0, 0.05) is 30.2 Å². The highest BCUT2D eigenvalue weighted by Gasteiger charge is 2.32. The number of aliphatic hydroxyl groups is 1. The minimum Gasteiger partial charge on any atom is -0.390 e. The van der Waals surface area contributed by atoms with Crippen LogP contribution in [-0.4, -0.2) is 45.2 Å². The Morgan fingerprint density at radius 2 is 1.96 bits per heavy atom. The van der Waals surface area contributed by atoms with Gasteiger partial charge in [0.15, 0.2) is 5.65 Å². The molecule has 1 amide bonds. The van der Waals surface area contributed by atoms with Crippen LogP contribution in [0.4, 0.5) is 5.82 Å². The Morgan fingerprint density at radius 3 is 2.57 bits per heavy atom. The van der Waals surface area contributed by atoms with Gasteiger partial charge in [0.2, 0.25) is 0 Å². The van der Waals surface area contributed by atoms with Crippen LogP contribution in [0.2, 0.25) is 0 Å². The van der Waals surface area contributed by atoms with Gasteiger partial charge in [-0.3, -0.25) is 4.79 Å². The van der Waals surface area contributed by atoms with E-state index in [2.05, 4.69) is 27.1 Å². The van der Waals surface area contributed by atoms with Crippen molar-refractivity contribution < 1.29 is 9.90 Å². The number of nitrogens with one attached hydrogen (secondary N) is 1. The second-order valence-corrected chi connectivity index (χ2v) is 8.95. The Morgan fingerprint density at radius 1 is 1.21 bits per heavy atom. The average molecular weight is 383 g/mol. The molecule has 0 radical (unpaired) electrons. The zero-order valence-corrected chi connectivity index (χ0v) is 17.0. The van der Waals surface area contributed by atoms with Crippen LogP contribution in [0.5, 0.6) is 0 Å². The monoisotopic (exact) mass is 382 g/mol. The van der Waals surface area contributed by atoms with Gasteiger partial charge in [0.25, 0.3) is 5.91 Å². The van der Waals surface area contributed by atoms with E-state index >= 15 is 0 Å². The van der Waals surface area contributed by atoms with Crippen molar-refractivity contribution >= 4 is 22.8 Å². The topological polar surface area (TPSA) is 78.4 Å². The Bertz CT molecular complexity index is 868. The van der Waals surface area contributed by atoms with Crippen molar-refractivity contribution in [3.63, 3.8) is 0 Å². The van der Waals surface area contributed by atoms with Gasteiger partial charge >= 0.3 is 0 Å². The fraction of sp³-hybridized carbons (Fsp3) is 0.591. The van der Waals surface area contributed by atoms with Crippen LogP contribution in [0.15, 0.2) is 24.4 Å². The van der Waals surface area contributed by atoms with Crippen LogP contribution in [-0.2, 0) is 0 Å². The lowest BCUT2D eigenvalue weighted by Crippen LogP contribution is -2.46. The standard InChI is InChI=1S/C22H30N4O2/c1-14-10-11-26(14)19-9-4-15-12-16(13-23-20(15)25-19)21(27)24-18-7-5-17(6-8-18)22(2,3)28/h4,9,12-14,17-18,28H,5-8,10-11H2,1-3H3,(H,24,27)/t14-,17-,18-/m0/s1. The highest BCUT2D eigenvalue weighted by atomic mass is 16.3. The third kappa shape index (κ3) is 3.83. The molecule has 6 heteroatoms. The molecule has 0 unspecified atom stereocenters. The van der Waals surface area contributed by atoms with Crippen molar-refractivity contribution in [2.45, 2.75) is 70.6 Å². The zero-order chi connectivity index (χ0) is 19.9. The number of carbonyl (C=O) groups excluding carboxylic acids is 1. The molecule has 150 valence electrons. The SMILES string of the molecule is C[C@H]1CCN1c1ccc2cc(C(=O)N[C@H]3CC[C@H](C(C)(C)O)CC3)cnc2n1. The number of pyridine rings is 2. The first kappa shape index (κ1) is 19.1. The second kappa shape index (κ2) is 7.32. The maximum absolute atomic E-state index is 12.7. The van der Waals surface area contributed by atoms with E-state index in [9.17, 15) is 9.90 Å². The Labute approximate surface area is 166 Å². The largest absolute Gasteiger partial charge is 0.390 e. The van der Waals surface area contributed by atoms with Gasteiger partial charge in [-0.25, -0.2) is 9.97 Å². The zero-order valence-electron chi connectivity index (χ0n) is 17.0. The van der Waals surface area contributed by atoms with Gasteiger partial charge in [0.1, 0.15) is 5.82 Å². The highest BCUT2D eigenvalue weighted by Crippen LogP contribution is 2.32. The number of amides is 1. The minimum absolute atomic E-state index is 0.0819. The highest BCUT2D eigenvalue weighted by molar-refractivity contribution is 5.97. The van der Waals surface area contributed by atoms with Crippen LogP contribution < -0.4 is 10.2 Å². The van der Waals surface area contributed by atoms with Gasteiger partial charge in [-0.2, -0.15) is 0 Å². The molecule has 2 aromatic heterocycles. The predicted molar refractivity (Wildman–Crippen MR) is 110 cm³/mol. The summed E-state index contributed by atoms with van der Waals surface area (Å²) in [5, 5.41) is 14.2. The molecular formula is C22H30N4O2. The first-order valence-electron chi connectivity index (χ1n) is 10.4. The lowest BCUT2D eigenvalue weighted by Gasteiger charge is -2.39. The first-order valence-corrected chi connectivity index (χ1v) is 10.4. The smallest absolute Gasteiger partial charge is 0.253 e. The molecule has 2 aromatic rings. The molecule has 1 saturated carbocycles. The Kier molecular flexibility index (Phi) is 5.00. The van der Waals surface area contributed by atoms with Crippen molar-refractivity contribution in [1.82, 2.24) is 15.3 Å². The van der Waals surface area contributed by atoms with E-state index in [0.29, 0.717) is 23.2 Å². The lowest BCUT2D eigenvalue weighted by molar-refractivity contribution is -0.00257. The van der Waals surface area contributed by atoms with Crippen LogP contribution in [0, 0.1) is 5.92 Å².